The summed E-state index contributed by atoms with van der Waals surface area (Å²) in [6.45, 7) is 4.68. The number of furan rings is 1. The lowest BCUT2D eigenvalue weighted by atomic mass is 10.2. The molecule has 1 aliphatic heterocycles. The molecule has 0 saturated carbocycles. The molecule has 0 radical (unpaired) electrons. The summed E-state index contributed by atoms with van der Waals surface area (Å²) in [5.74, 6) is 0.00149. The molecule has 3 aromatic rings. The molecule has 0 bridgehead atoms. The Labute approximate surface area is 180 Å². The molecule has 31 heavy (non-hydrogen) atoms. The van der Waals surface area contributed by atoms with Gasteiger partial charge < -0.3 is 9.32 Å². The third kappa shape index (κ3) is 4.26. The number of aryl methyl sites for hydroxylation is 2. The number of hydrogen-bond acceptors (Lipinski definition) is 4. The lowest BCUT2D eigenvalue weighted by Gasteiger charge is -2.33. The van der Waals surface area contributed by atoms with E-state index in [2.05, 4.69) is 0 Å². The predicted octanol–water partition coefficient (Wildman–Crippen LogP) is 3.85. The Hall–Kier alpha value is -2.97. The first kappa shape index (κ1) is 21.3. The highest BCUT2D eigenvalue weighted by Crippen LogP contribution is 2.25. The van der Waals surface area contributed by atoms with Gasteiger partial charge in [-0.15, -0.1) is 0 Å². The number of sulfonamides is 1. The Balaban J connectivity index is 1.44. The molecule has 1 amide bonds. The normalized spacial score (nSPS) is 15.3. The Morgan fingerprint density at radius 3 is 2.26 bits per heavy atom. The molecule has 1 saturated heterocycles. The summed E-state index contributed by atoms with van der Waals surface area (Å²) in [4.78, 5) is 14.7. The summed E-state index contributed by atoms with van der Waals surface area (Å²) in [6, 6.07) is 14.3. The van der Waals surface area contributed by atoms with Crippen molar-refractivity contribution < 1.29 is 22.0 Å². The summed E-state index contributed by atoms with van der Waals surface area (Å²) in [5.41, 5.74) is 2.39. The maximum atomic E-state index is 13.1. The third-order valence-corrected chi connectivity index (χ3v) is 7.48. The maximum absolute atomic E-state index is 13.1. The summed E-state index contributed by atoms with van der Waals surface area (Å²) in [5, 5.41) is 0. The molecule has 0 spiro atoms. The molecule has 1 fully saturated rings. The van der Waals surface area contributed by atoms with Gasteiger partial charge in [0.1, 0.15) is 11.6 Å². The second-order valence-electron chi connectivity index (χ2n) is 7.64. The van der Waals surface area contributed by atoms with Crippen molar-refractivity contribution >= 4 is 15.9 Å². The Morgan fingerprint density at radius 2 is 1.61 bits per heavy atom. The second-order valence-corrected chi connectivity index (χ2v) is 9.54. The minimum atomic E-state index is -3.62. The van der Waals surface area contributed by atoms with E-state index in [4.69, 9.17) is 4.42 Å². The van der Waals surface area contributed by atoms with Crippen molar-refractivity contribution in [2.75, 3.05) is 26.2 Å². The van der Waals surface area contributed by atoms with Crippen molar-refractivity contribution in [3.05, 3.63) is 77.3 Å². The standard InChI is InChI=1S/C23H23FN2O4S/c1-16-3-10-22(17(2)15-16)31(28,29)26-13-11-25(12-14-26)23(27)21-9-8-20(30-21)18-4-6-19(24)7-5-18/h3-10,15H,11-14H2,1-2H3. The minimum absolute atomic E-state index is 0.171. The van der Waals surface area contributed by atoms with Crippen LogP contribution in [0, 0.1) is 19.7 Å². The van der Waals surface area contributed by atoms with E-state index in [0.29, 0.717) is 21.8 Å². The average Bonchev–Trinajstić information content (AvgIpc) is 3.24. The zero-order valence-electron chi connectivity index (χ0n) is 17.3. The summed E-state index contributed by atoms with van der Waals surface area (Å²) >= 11 is 0. The van der Waals surface area contributed by atoms with Gasteiger partial charge in [0, 0.05) is 31.7 Å². The molecular formula is C23H23FN2O4S. The first-order valence-corrected chi connectivity index (χ1v) is 11.4. The molecule has 8 heteroatoms. The van der Waals surface area contributed by atoms with Gasteiger partial charge in [0.25, 0.3) is 5.91 Å². The Kier molecular flexibility index (Phi) is 5.68. The lowest BCUT2D eigenvalue weighted by molar-refractivity contribution is 0.0667. The van der Waals surface area contributed by atoms with E-state index >= 15 is 0 Å². The zero-order chi connectivity index (χ0) is 22.2. The van der Waals surface area contributed by atoms with Gasteiger partial charge in [-0.1, -0.05) is 17.7 Å². The van der Waals surface area contributed by atoms with Crippen molar-refractivity contribution in [2.45, 2.75) is 18.7 Å². The van der Waals surface area contributed by atoms with Crippen molar-refractivity contribution in [1.29, 1.82) is 0 Å². The molecule has 6 nitrogen and oxygen atoms in total. The largest absolute Gasteiger partial charge is 0.451 e. The van der Waals surface area contributed by atoms with Gasteiger partial charge in [0.15, 0.2) is 5.76 Å². The number of piperazine rings is 1. The fraction of sp³-hybridized carbons (Fsp3) is 0.261. The first-order chi connectivity index (χ1) is 14.8. The number of rotatable bonds is 4. The summed E-state index contributed by atoms with van der Waals surface area (Å²) < 4.78 is 46.2. The van der Waals surface area contributed by atoms with E-state index in [9.17, 15) is 17.6 Å². The predicted molar refractivity (Wildman–Crippen MR) is 115 cm³/mol. The highest BCUT2D eigenvalue weighted by molar-refractivity contribution is 7.89. The quantitative estimate of drug-likeness (QED) is 0.615. The minimum Gasteiger partial charge on any atom is -0.451 e. The van der Waals surface area contributed by atoms with E-state index < -0.39 is 10.0 Å². The van der Waals surface area contributed by atoms with Crippen LogP contribution in [0.4, 0.5) is 4.39 Å². The molecule has 1 aromatic heterocycles. The van der Waals surface area contributed by atoms with Crippen molar-refractivity contribution in [1.82, 2.24) is 9.21 Å². The molecule has 2 heterocycles. The van der Waals surface area contributed by atoms with E-state index in [1.54, 1.807) is 48.2 Å². The Bertz CT molecular complexity index is 1210. The SMILES string of the molecule is Cc1ccc(S(=O)(=O)N2CCN(C(=O)c3ccc(-c4ccc(F)cc4)o3)CC2)c(C)c1. The third-order valence-electron chi connectivity index (χ3n) is 5.42. The monoisotopic (exact) mass is 442 g/mol. The van der Waals surface area contributed by atoms with Gasteiger partial charge in [-0.3, -0.25) is 4.79 Å². The average molecular weight is 443 g/mol. The molecule has 0 aliphatic carbocycles. The van der Waals surface area contributed by atoms with Crippen LogP contribution in [0.25, 0.3) is 11.3 Å². The van der Waals surface area contributed by atoms with Gasteiger partial charge >= 0.3 is 0 Å². The van der Waals surface area contributed by atoms with E-state index in [-0.39, 0.29) is 43.7 Å². The van der Waals surface area contributed by atoms with Crippen LogP contribution in [-0.2, 0) is 10.0 Å². The first-order valence-electron chi connectivity index (χ1n) is 9.98. The van der Waals surface area contributed by atoms with Crippen LogP contribution in [0.3, 0.4) is 0 Å². The van der Waals surface area contributed by atoms with E-state index in [1.165, 1.54) is 16.4 Å². The van der Waals surface area contributed by atoms with Crippen LogP contribution in [0.5, 0.6) is 0 Å². The van der Waals surface area contributed by atoms with Crippen LogP contribution in [0.1, 0.15) is 21.7 Å². The number of nitrogens with zero attached hydrogens (tertiary/aromatic N) is 2. The number of halogens is 1. The number of amides is 1. The highest BCUT2D eigenvalue weighted by atomic mass is 32.2. The van der Waals surface area contributed by atoms with Crippen LogP contribution in [0.15, 0.2) is 63.9 Å². The zero-order valence-corrected chi connectivity index (χ0v) is 18.2. The van der Waals surface area contributed by atoms with Crippen molar-refractivity contribution in [3.63, 3.8) is 0 Å². The molecule has 0 N–H and O–H groups in total. The van der Waals surface area contributed by atoms with Gasteiger partial charge in [-0.05, 0) is 61.9 Å². The molecule has 0 unspecified atom stereocenters. The number of hydrogen-bond donors (Lipinski definition) is 0. The Morgan fingerprint density at radius 1 is 0.935 bits per heavy atom. The molecule has 1 aliphatic rings. The molecule has 162 valence electrons. The van der Waals surface area contributed by atoms with Gasteiger partial charge in [-0.25, -0.2) is 12.8 Å². The number of carbonyl (C=O) groups excluding carboxylic acids is 1. The molecule has 2 aromatic carbocycles. The maximum Gasteiger partial charge on any atom is 0.289 e. The fourth-order valence-electron chi connectivity index (χ4n) is 3.74. The number of benzene rings is 2. The van der Waals surface area contributed by atoms with Crippen LogP contribution < -0.4 is 0 Å². The summed E-state index contributed by atoms with van der Waals surface area (Å²) in [7, 11) is -3.62. The highest BCUT2D eigenvalue weighted by Gasteiger charge is 2.32. The molecule has 0 atom stereocenters. The van der Waals surface area contributed by atoms with E-state index in [1.807, 2.05) is 13.0 Å². The fourth-order valence-corrected chi connectivity index (χ4v) is 5.37. The molecule has 4 rings (SSSR count). The van der Waals surface area contributed by atoms with E-state index in [0.717, 1.165) is 5.56 Å². The van der Waals surface area contributed by atoms with Gasteiger partial charge in [0.2, 0.25) is 10.0 Å². The summed E-state index contributed by atoms with van der Waals surface area (Å²) in [6.07, 6.45) is 0. The van der Waals surface area contributed by atoms with Crippen molar-refractivity contribution in [3.8, 4) is 11.3 Å². The van der Waals surface area contributed by atoms with Crippen LogP contribution >= 0.6 is 0 Å². The van der Waals surface area contributed by atoms with Gasteiger partial charge in [-0.2, -0.15) is 4.31 Å². The second kappa shape index (κ2) is 8.28. The van der Waals surface area contributed by atoms with Gasteiger partial charge in [0.05, 0.1) is 4.90 Å². The topological polar surface area (TPSA) is 70.8 Å². The smallest absolute Gasteiger partial charge is 0.289 e. The lowest BCUT2D eigenvalue weighted by Crippen LogP contribution is -2.50. The van der Waals surface area contributed by atoms with Crippen LogP contribution in [0.2, 0.25) is 0 Å². The molecular weight excluding hydrogens is 419 g/mol. The van der Waals surface area contributed by atoms with Crippen molar-refractivity contribution in [2.24, 2.45) is 0 Å². The number of carbonyl (C=O) groups is 1. The van der Waals surface area contributed by atoms with Crippen LogP contribution in [-0.4, -0.2) is 49.7 Å².